The van der Waals surface area contributed by atoms with Crippen LogP contribution >= 0.6 is 23.2 Å². The first kappa shape index (κ1) is 12.5. The van der Waals surface area contributed by atoms with Crippen molar-refractivity contribution in [2.45, 2.75) is 20.3 Å². The van der Waals surface area contributed by atoms with E-state index in [4.69, 9.17) is 23.2 Å². The molecule has 0 heterocycles. The summed E-state index contributed by atoms with van der Waals surface area (Å²) in [5.41, 5.74) is 4.80. The first-order valence-electron chi connectivity index (χ1n) is 5.57. The van der Waals surface area contributed by atoms with Gasteiger partial charge in [-0.05, 0) is 54.7 Å². The van der Waals surface area contributed by atoms with Gasteiger partial charge < -0.3 is 0 Å². The molecule has 2 heteroatoms. The van der Waals surface area contributed by atoms with E-state index in [0.717, 1.165) is 27.6 Å². The molecule has 0 aromatic heterocycles. The molecule has 0 fully saturated rings. The van der Waals surface area contributed by atoms with Crippen molar-refractivity contribution in [3.63, 3.8) is 0 Å². The van der Waals surface area contributed by atoms with Crippen molar-refractivity contribution in [1.29, 1.82) is 0 Å². The van der Waals surface area contributed by atoms with Gasteiger partial charge in [0, 0.05) is 10.0 Å². The minimum Gasteiger partial charge on any atom is -0.0840 e. The summed E-state index contributed by atoms with van der Waals surface area (Å²) in [5.74, 6) is 0. The van der Waals surface area contributed by atoms with Crippen LogP contribution in [0.5, 0.6) is 0 Å². The van der Waals surface area contributed by atoms with Crippen molar-refractivity contribution in [1.82, 2.24) is 0 Å². The SMILES string of the molecule is Cc1c(Cl)cccc1Cc1cccc(Cl)c1C. The maximum Gasteiger partial charge on any atom is 0.0438 e. The zero-order valence-corrected chi connectivity index (χ0v) is 11.4. The lowest BCUT2D eigenvalue weighted by Gasteiger charge is -2.10. The van der Waals surface area contributed by atoms with Gasteiger partial charge in [0.1, 0.15) is 0 Å². The third-order valence-corrected chi connectivity index (χ3v) is 3.96. The highest BCUT2D eigenvalue weighted by molar-refractivity contribution is 6.31. The molecule has 88 valence electrons. The van der Waals surface area contributed by atoms with Gasteiger partial charge >= 0.3 is 0 Å². The summed E-state index contributed by atoms with van der Waals surface area (Å²) in [6, 6.07) is 12.1. The van der Waals surface area contributed by atoms with Crippen molar-refractivity contribution in [2.24, 2.45) is 0 Å². The molecule has 0 N–H and O–H groups in total. The van der Waals surface area contributed by atoms with Crippen molar-refractivity contribution in [2.75, 3.05) is 0 Å². The van der Waals surface area contributed by atoms with Crippen LogP contribution in [0.2, 0.25) is 10.0 Å². The largest absolute Gasteiger partial charge is 0.0840 e. The molecule has 0 radical (unpaired) electrons. The highest BCUT2D eigenvalue weighted by atomic mass is 35.5. The Labute approximate surface area is 112 Å². The predicted molar refractivity (Wildman–Crippen MR) is 75.2 cm³/mol. The molecule has 0 spiro atoms. The van der Waals surface area contributed by atoms with E-state index in [1.165, 1.54) is 11.1 Å². The van der Waals surface area contributed by atoms with Crippen LogP contribution in [0, 0.1) is 13.8 Å². The molecule has 2 aromatic carbocycles. The lowest BCUT2D eigenvalue weighted by Crippen LogP contribution is -1.95. The molecule has 2 rings (SSSR count). The first-order valence-corrected chi connectivity index (χ1v) is 6.33. The fourth-order valence-corrected chi connectivity index (χ4v) is 2.28. The maximum absolute atomic E-state index is 6.13. The minimum atomic E-state index is 0.821. The zero-order chi connectivity index (χ0) is 12.4. The molecule has 0 nitrogen and oxygen atoms in total. The van der Waals surface area contributed by atoms with Gasteiger partial charge in [0.25, 0.3) is 0 Å². The molecule has 0 bridgehead atoms. The Kier molecular flexibility index (Phi) is 3.76. The lowest BCUT2D eigenvalue weighted by molar-refractivity contribution is 1.13. The Bertz CT molecular complexity index is 495. The van der Waals surface area contributed by atoms with E-state index in [1.54, 1.807) is 0 Å². The maximum atomic E-state index is 6.13. The standard InChI is InChI=1S/C15H14Cl2/c1-10-12(5-3-7-14(10)16)9-13-6-4-8-15(17)11(13)2/h3-8H,9H2,1-2H3. The highest BCUT2D eigenvalue weighted by Gasteiger charge is 2.06. The normalized spacial score (nSPS) is 10.6. The van der Waals surface area contributed by atoms with Gasteiger partial charge in [-0.3, -0.25) is 0 Å². The fourth-order valence-electron chi connectivity index (χ4n) is 1.89. The van der Waals surface area contributed by atoms with Crippen LogP contribution in [0.15, 0.2) is 36.4 Å². The van der Waals surface area contributed by atoms with E-state index in [0.29, 0.717) is 0 Å². The van der Waals surface area contributed by atoms with Crippen molar-refractivity contribution < 1.29 is 0 Å². The quantitative estimate of drug-likeness (QED) is 0.700. The molecule has 0 aliphatic rings. The predicted octanol–water partition coefficient (Wildman–Crippen LogP) is 5.20. The van der Waals surface area contributed by atoms with Gasteiger partial charge in [0.05, 0.1) is 0 Å². The average Bonchev–Trinajstić information content (AvgIpc) is 2.31. The molecule has 0 aliphatic heterocycles. The van der Waals surface area contributed by atoms with E-state index in [2.05, 4.69) is 26.0 Å². The molecule has 0 unspecified atom stereocenters. The molecule has 0 amide bonds. The Morgan fingerprint density at radius 3 is 1.59 bits per heavy atom. The fraction of sp³-hybridized carbons (Fsp3) is 0.200. The second kappa shape index (κ2) is 5.12. The Morgan fingerprint density at radius 1 is 0.765 bits per heavy atom. The summed E-state index contributed by atoms with van der Waals surface area (Å²) in [5, 5.41) is 1.64. The molecule has 0 saturated heterocycles. The monoisotopic (exact) mass is 264 g/mol. The topological polar surface area (TPSA) is 0 Å². The molecule has 0 saturated carbocycles. The van der Waals surface area contributed by atoms with Gasteiger partial charge in [-0.25, -0.2) is 0 Å². The van der Waals surface area contributed by atoms with E-state index in [-0.39, 0.29) is 0 Å². The third kappa shape index (κ3) is 2.65. The molecule has 2 aromatic rings. The van der Waals surface area contributed by atoms with Crippen LogP contribution in [0.1, 0.15) is 22.3 Å². The van der Waals surface area contributed by atoms with E-state index in [1.807, 2.05) is 24.3 Å². The van der Waals surface area contributed by atoms with Crippen molar-refractivity contribution in [3.8, 4) is 0 Å². The van der Waals surface area contributed by atoms with Crippen molar-refractivity contribution in [3.05, 3.63) is 68.7 Å². The molecular weight excluding hydrogens is 251 g/mol. The summed E-state index contributed by atoms with van der Waals surface area (Å²) in [4.78, 5) is 0. The second-order valence-electron chi connectivity index (χ2n) is 4.22. The molecule has 0 atom stereocenters. The minimum absolute atomic E-state index is 0.821. The number of rotatable bonds is 2. The Hall–Kier alpha value is -0.980. The number of benzene rings is 2. The third-order valence-electron chi connectivity index (χ3n) is 3.14. The number of hydrogen-bond donors (Lipinski definition) is 0. The van der Waals surface area contributed by atoms with Gasteiger partial charge in [-0.1, -0.05) is 47.5 Å². The van der Waals surface area contributed by atoms with E-state index < -0.39 is 0 Å². The Balaban J connectivity index is 2.38. The van der Waals surface area contributed by atoms with Crippen LogP contribution in [-0.4, -0.2) is 0 Å². The van der Waals surface area contributed by atoms with Crippen LogP contribution in [0.25, 0.3) is 0 Å². The molecule has 0 aliphatic carbocycles. The summed E-state index contributed by atoms with van der Waals surface area (Å²) in [7, 11) is 0. The average molecular weight is 265 g/mol. The van der Waals surface area contributed by atoms with Gasteiger partial charge in [-0.15, -0.1) is 0 Å². The smallest absolute Gasteiger partial charge is 0.0438 e. The summed E-state index contributed by atoms with van der Waals surface area (Å²) < 4.78 is 0. The molecular formula is C15H14Cl2. The van der Waals surface area contributed by atoms with Gasteiger partial charge in [0.2, 0.25) is 0 Å². The van der Waals surface area contributed by atoms with E-state index in [9.17, 15) is 0 Å². The number of halogens is 2. The summed E-state index contributed by atoms with van der Waals surface area (Å²) in [6.45, 7) is 4.11. The van der Waals surface area contributed by atoms with Crippen LogP contribution < -0.4 is 0 Å². The number of hydrogen-bond acceptors (Lipinski definition) is 0. The zero-order valence-electron chi connectivity index (χ0n) is 9.93. The van der Waals surface area contributed by atoms with E-state index >= 15 is 0 Å². The second-order valence-corrected chi connectivity index (χ2v) is 5.04. The molecule has 17 heavy (non-hydrogen) atoms. The van der Waals surface area contributed by atoms with Gasteiger partial charge in [0.15, 0.2) is 0 Å². The van der Waals surface area contributed by atoms with Crippen LogP contribution in [0.4, 0.5) is 0 Å². The van der Waals surface area contributed by atoms with Crippen LogP contribution in [0.3, 0.4) is 0 Å². The van der Waals surface area contributed by atoms with Crippen molar-refractivity contribution >= 4 is 23.2 Å². The first-order chi connectivity index (χ1) is 8.09. The Morgan fingerprint density at radius 2 is 1.18 bits per heavy atom. The van der Waals surface area contributed by atoms with Gasteiger partial charge in [-0.2, -0.15) is 0 Å². The van der Waals surface area contributed by atoms with Crippen LogP contribution in [-0.2, 0) is 6.42 Å². The summed E-state index contributed by atoms with van der Waals surface area (Å²) >= 11 is 12.3. The highest BCUT2D eigenvalue weighted by Crippen LogP contribution is 2.25. The lowest BCUT2D eigenvalue weighted by atomic mass is 9.97. The summed E-state index contributed by atoms with van der Waals surface area (Å²) in [6.07, 6.45) is 0.874.